The van der Waals surface area contributed by atoms with Crippen molar-refractivity contribution in [1.29, 1.82) is 0 Å². The second-order valence-corrected chi connectivity index (χ2v) is 11.4. The van der Waals surface area contributed by atoms with Gasteiger partial charge in [-0.15, -0.1) is 0 Å². The van der Waals surface area contributed by atoms with Crippen molar-refractivity contribution in [3.05, 3.63) is 52.2 Å². The summed E-state index contributed by atoms with van der Waals surface area (Å²) in [7, 11) is 1.44. The predicted octanol–water partition coefficient (Wildman–Crippen LogP) is 5.98. The fraction of sp³-hybridized carbons (Fsp3) is 0.586. The standard InChI is InChI=1S/C21H24F4N4O2.C8H12FN/c1-11-4-3-5-29(9-11)19-14-10-31-17(8-16(14)27-20(28-19)30-2)13-6-12(26)7-15(22)18(13)21(23,24)25;9-5-7-4-8-2-1-3-10(8)6-7/h6-7,11,17H,3-5,8-10,26H2,1-2H3;5,8H,1-4,6H2/b;7-5-. The number of hydrogen-bond donors (Lipinski definition) is 1. The number of anilines is 2. The van der Waals surface area contributed by atoms with Gasteiger partial charge in [0.2, 0.25) is 0 Å². The monoisotopic (exact) mass is 581 g/mol. The van der Waals surface area contributed by atoms with E-state index >= 15 is 0 Å². The summed E-state index contributed by atoms with van der Waals surface area (Å²) < 4.78 is 78.0. The zero-order valence-electron chi connectivity index (χ0n) is 23.3. The molecule has 0 spiro atoms. The highest BCUT2D eigenvalue weighted by Gasteiger charge is 2.41. The number of nitrogen functional groups attached to an aromatic ring is 1. The highest BCUT2D eigenvalue weighted by atomic mass is 19.4. The molecule has 41 heavy (non-hydrogen) atoms. The van der Waals surface area contributed by atoms with Gasteiger partial charge in [0.25, 0.3) is 0 Å². The fourth-order valence-electron chi connectivity index (χ4n) is 6.41. The molecule has 5 heterocycles. The number of aromatic nitrogens is 2. The van der Waals surface area contributed by atoms with E-state index in [2.05, 4.69) is 26.7 Å². The fourth-order valence-corrected chi connectivity index (χ4v) is 6.41. The van der Waals surface area contributed by atoms with Gasteiger partial charge in [-0.3, -0.25) is 4.90 Å². The highest BCUT2D eigenvalue weighted by Crippen LogP contribution is 2.43. The van der Waals surface area contributed by atoms with E-state index in [0.717, 1.165) is 62.4 Å². The first-order chi connectivity index (χ1) is 19.6. The molecule has 6 rings (SSSR count). The Morgan fingerprint density at radius 2 is 1.90 bits per heavy atom. The van der Waals surface area contributed by atoms with E-state index < -0.39 is 23.7 Å². The summed E-state index contributed by atoms with van der Waals surface area (Å²) in [6, 6.07) is 2.61. The van der Waals surface area contributed by atoms with Gasteiger partial charge in [0, 0.05) is 43.3 Å². The van der Waals surface area contributed by atoms with Crippen LogP contribution in [0.5, 0.6) is 6.01 Å². The molecule has 4 aliphatic heterocycles. The Balaban J connectivity index is 0.000000282. The van der Waals surface area contributed by atoms with Crippen LogP contribution in [0.2, 0.25) is 0 Å². The lowest BCUT2D eigenvalue weighted by Gasteiger charge is -2.35. The zero-order valence-corrected chi connectivity index (χ0v) is 23.3. The van der Waals surface area contributed by atoms with Gasteiger partial charge in [-0.25, -0.2) is 8.78 Å². The van der Waals surface area contributed by atoms with Crippen LogP contribution in [-0.4, -0.2) is 54.2 Å². The molecule has 0 radical (unpaired) electrons. The van der Waals surface area contributed by atoms with Gasteiger partial charge in [0.05, 0.1) is 37.4 Å². The van der Waals surface area contributed by atoms with E-state index in [9.17, 15) is 22.0 Å². The van der Waals surface area contributed by atoms with Crippen molar-refractivity contribution >= 4 is 11.5 Å². The normalized spacial score (nSPS) is 25.5. The summed E-state index contributed by atoms with van der Waals surface area (Å²) >= 11 is 0. The topological polar surface area (TPSA) is 76.7 Å². The summed E-state index contributed by atoms with van der Waals surface area (Å²) in [5.41, 5.74) is 6.10. The lowest BCUT2D eigenvalue weighted by Crippen LogP contribution is -2.36. The third kappa shape index (κ3) is 6.43. The van der Waals surface area contributed by atoms with Gasteiger partial charge in [0.1, 0.15) is 11.6 Å². The number of rotatable bonds is 3. The number of piperidine rings is 1. The van der Waals surface area contributed by atoms with E-state index in [1.54, 1.807) is 0 Å². The van der Waals surface area contributed by atoms with Crippen molar-refractivity contribution in [1.82, 2.24) is 14.9 Å². The average Bonchev–Trinajstić information content (AvgIpc) is 3.53. The Bertz CT molecular complexity index is 1270. The molecule has 1 aromatic heterocycles. The van der Waals surface area contributed by atoms with Gasteiger partial charge in [0.15, 0.2) is 0 Å². The van der Waals surface area contributed by atoms with Crippen molar-refractivity contribution < 1.29 is 31.4 Å². The first-order valence-corrected chi connectivity index (χ1v) is 14.1. The van der Waals surface area contributed by atoms with Gasteiger partial charge < -0.3 is 20.1 Å². The number of benzene rings is 1. The minimum atomic E-state index is -4.88. The smallest absolute Gasteiger partial charge is 0.419 e. The molecule has 0 amide bonds. The molecule has 0 aliphatic carbocycles. The Kier molecular flexibility index (Phi) is 8.70. The summed E-state index contributed by atoms with van der Waals surface area (Å²) in [5.74, 6) is -0.242. The molecular weight excluding hydrogens is 545 g/mol. The van der Waals surface area contributed by atoms with Gasteiger partial charge in [-0.05, 0) is 67.8 Å². The van der Waals surface area contributed by atoms with Gasteiger partial charge >= 0.3 is 12.2 Å². The zero-order chi connectivity index (χ0) is 29.3. The van der Waals surface area contributed by atoms with Crippen LogP contribution >= 0.6 is 0 Å². The van der Waals surface area contributed by atoms with Crippen LogP contribution in [0.1, 0.15) is 67.5 Å². The largest absolute Gasteiger partial charge is 0.467 e. The molecule has 0 bridgehead atoms. The van der Waals surface area contributed by atoms with Gasteiger partial charge in [-0.1, -0.05) is 6.92 Å². The second-order valence-electron chi connectivity index (χ2n) is 11.4. The van der Waals surface area contributed by atoms with Crippen molar-refractivity contribution in [2.75, 3.05) is 43.9 Å². The summed E-state index contributed by atoms with van der Waals surface area (Å²) in [6.07, 6.45) is 0.599. The first-order valence-electron chi connectivity index (χ1n) is 14.1. The summed E-state index contributed by atoms with van der Waals surface area (Å²) in [4.78, 5) is 13.4. The van der Waals surface area contributed by atoms with Crippen molar-refractivity contribution in [2.24, 2.45) is 5.92 Å². The molecule has 7 nitrogen and oxygen atoms in total. The molecule has 4 aliphatic rings. The number of nitrogens with two attached hydrogens (primary N) is 1. The molecule has 2 N–H and O–H groups in total. The third-order valence-electron chi connectivity index (χ3n) is 8.33. The van der Waals surface area contributed by atoms with Crippen LogP contribution < -0.4 is 15.4 Å². The Morgan fingerprint density at radius 1 is 1.12 bits per heavy atom. The van der Waals surface area contributed by atoms with E-state index in [1.165, 1.54) is 26.5 Å². The van der Waals surface area contributed by atoms with Crippen LogP contribution in [0.25, 0.3) is 0 Å². The van der Waals surface area contributed by atoms with E-state index in [0.29, 0.717) is 29.5 Å². The predicted molar refractivity (Wildman–Crippen MR) is 145 cm³/mol. The van der Waals surface area contributed by atoms with Crippen LogP contribution in [0.3, 0.4) is 0 Å². The van der Waals surface area contributed by atoms with E-state index in [4.69, 9.17) is 15.2 Å². The average molecular weight is 582 g/mol. The first kappa shape index (κ1) is 29.5. The number of alkyl halides is 3. The Hall–Kier alpha value is -2.99. The van der Waals surface area contributed by atoms with Crippen molar-refractivity contribution in [3.63, 3.8) is 0 Å². The second kappa shape index (κ2) is 12.1. The number of methoxy groups -OCH3 is 1. The maximum Gasteiger partial charge on any atom is 0.419 e. The highest BCUT2D eigenvalue weighted by molar-refractivity contribution is 5.53. The number of halogens is 5. The maximum atomic E-state index is 14.2. The third-order valence-corrected chi connectivity index (χ3v) is 8.33. The maximum absolute atomic E-state index is 14.2. The van der Waals surface area contributed by atoms with Crippen LogP contribution in [0.15, 0.2) is 24.0 Å². The lowest BCUT2D eigenvalue weighted by molar-refractivity contribution is -0.142. The molecule has 2 aromatic rings. The van der Waals surface area contributed by atoms with E-state index in [1.807, 2.05) is 0 Å². The molecule has 0 saturated carbocycles. The van der Waals surface area contributed by atoms with Crippen LogP contribution in [0, 0.1) is 11.7 Å². The number of hydrogen-bond acceptors (Lipinski definition) is 7. The van der Waals surface area contributed by atoms with E-state index in [-0.39, 0.29) is 30.3 Å². The van der Waals surface area contributed by atoms with Gasteiger partial charge in [-0.2, -0.15) is 23.1 Å². The quantitative estimate of drug-likeness (QED) is 0.353. The summed E-state index contributed by atoms with van der Waals surface area (Å²) in [5, 5.41) is 0. The lowest BCUT2D eigenvalue weighted by atomic mass is 9.93. The number of ether oxygens (including phenoxy) is 2. The summed E-state index contributed by atoms with van der Waals surface area (Å²) in [6.45, 7) is 5.88. The molecule has 224 valence electrons. The van der Waals surface area contributed by atoms with Crippen molar-refractivity contribution in [2.45, 2.75) is 70.4 Å². The molecular formula is C29H36F5N5O2. The molecule has 1 aromatic carbocycles. The minimum absolute atomic E-state index is 0.0118. The Morgan fingerprint density at radius 3 is 2.59 bits per heavy atom. The molecule has 3 atom stereocenters. The minimum Gasteiger partial charge on any atom is -0.467 e. The van der Waals surface area contributed by atoms with Crippen LogP contribution in [0.4, 0.5) is 33.5 Å². The number of nitrogens with zero attached hydrogens (tertiary/aromatic N) is 4. The molecule has 3 fully saturated rings. The Labute approximate surface area is 236 Å². The SMILES string of the molecule is COc1nc2c(c(N3CCCC(C)C3)n1)COC(c1cc(N)cc(F)c1C(F)(F)F)C2.F/C=C1/CC2CCCN2C1. The van der Waals surface area contributed by atoms with Crippen molar-refractivity contribution in [3.8, 4) is 6.01 Å². The number of fused-ring (bicyclic) bond motifs is 2. The molecule has 3 unspecified atom stereocenters. The molecule has 3 saturated heterocycles. The van der Waals surface area contributed by atoms with Crippen LogP contribution in [-0.2, 0) is 23.9 Å². The molecule has 12 heteroatoms.